The molecule has 0 unspecified atom stereocenters. The Kier molecular flexibility index (Phi) is 10.1. The number of carbonyl (C=O) groups is 2. The van der Waals surface area contributed by atoms with Crippen molar-refractivity contribution < 1.29 is 22.7 Å². The molecule has 46 heavy (non-hydrogen) atoms. The molecule has 0 fully saturated rings. The van der Waals surface area contributed by atoms with Gasteiger partial charge in [-0.15, -0.1) is 0 Å². The zero-order valence-electron chi connectivity index (χ0n) is 26.1. The third-order valence-electron chi connectivity index (χ3n) is 7.58. The summed E-state index contributed by atoms with van der Waals surface area (Å²) in [6, 6.07) is 23.1. The number of unbranched alkanes of at least 4 members (excludes halogenated alkanes) is 1. The second kappa shape index (κ2) is 14.4. The highest BCUT2D eigenvalue weighted by atomic mass is 32.2. The van der Waals surface area contributed by atoms with Gasteiger partial charge >= 0.3 is 6.09 Å². The number of nitrogens with zero attached hydrogens (tertiary/aromatic N) is 3. The van der Waals surface area contributed by atoms with E-state index in [0.717, 1.165) is 47.4 Å². The van der Waals surface area contributed by atoms with Gasteiger partial charge in [0.25, 0.3) is 15.9 Å². The minimum absolute atomic E-state index is 0.0177. The molecule has 2 amide bonds. The highest BCUT2D eigenvalue weighted by molar-refractivity contribution is 7.90. The van der Waals surface area contributed by atoms with Crippen molar-refractivity contribution in [1.82, 2.24) is 19.3 Å². The van der Waals surface area contributed by atoms with Gasteiger partial charge in [-0.1, -0.05) is 80.9 Å². The van der Waals surface area contributed by atoms with Crippen LogP contribution in [0, 0.1) is 6.92 Å². The van der Waals surface area contributed by atoms with Gasteiger partial charge in [-0.25, -0.2) is 27.9 Å². The van der Waals surface area contributed by atoms with Crippen LogP contribution in [0.25, 0.3) is 22.3 Å². The molecular weight excluding hydrogens is 602 g/mol. The van der Waals surface area contributed by atoms with Crippen LogP contribution in [-0.2, 0) is 27.7 Å². The Morgan fingerprint density at radius 2 is 1.63 bits per heavy atom. The first-order chi connectivity index (χ1) is 22.2. The fraction of sp³-hybridized carbons (Fsp3) is 0.257. The number of anilines is 1. The largest absolute Gasteiger partial charge is 0.449 e. The van der Waals surface area contributed by atoms with Crippen LogP contribution in [0.2, 0.25) is 0 Å². The molecule has 0 radical (unpaired) electrons. The maximum absolute atomic E-state index is 13.1. The van der Waals surface area contributed by atoms with Crippen LogP contribution in [0.4, 0.5) is 10.5 Å². The Hall–Kier alpha value is -5.03. The van der Waals surface area contributed by atoms with Crippen LogP contribution < -0.4 is 10.0 Å². The third-order valence-corrected chi connectivity index (χ3v) is 8.95. The van der Waals surface area contributed by atoms with Gasteiger partial charge in [0.05, 0.1) is 29.9 Å². The molecule has 5 rings (SSSR count). The van der Waals surface area contributed by atoms with Crippen LogP contribution >= 0.6 is 0 Å². The normalized spacial score (nSPS) is 11.4. The van der Waals surface area contributed by atoms with E-state index >= 15 is 0 Å². The summed E-state index contributed by atoms with van der Waals surface area (Å²) in [6.45, 7) is 6.62. The molecule has 2 heterocycles. The van der Waals surface area contributed by atoms with Crippen LogP contribution in [0.3, 0.4) is 0 Å². The number of benzene rings is 3. The van der Waals surface area contributed by atoms with Crippen molar-refractivity contribution in [1.29, 1.82) is 0 Å². The molecule has 5 aromatic rings. The highest BCUT2D eigenvalue weighted by Crippen LogP contribution is 2.29. The molecular formula is C35H37N5O5S. The van der Waals surface area contributed by atoms with E-state index in [0.29, 0.717) is 35.3 Å². The van der Waals surface area contributed by atoms with Gasteiger partial charge in [-0.2, -0.15) is 0 Å². The molecule has 2 aromatic heterocycles. The van der Waals surface area contributed by atoms with Crippen molar-refractivity contribution in [2.24, 2.45) is 0 Å². The Bertz CT molecular complexity index is 1960. The summed E-state index contributed by atoms with van der Waals surface area (Å²) in [4.78, 5) is 34.5. The molecule has 0 atom stereocenters. The van der Waals surface area contributed by atoms with E-state index in [1.165, 1.54) is 6.07 Å². The van der Waals surface area contributed by atoms with E-state index in [4.69, 9.17) is 14.7 Å². The van der Waals surface area contributed by atoms with Gasteiger partial charge < -0.3 is 14.6 Å². The summed E-state index contributed by atoms with van der Waals surface area (Å²) in [5.41, 5.74) is 5.56. The minimum Gasteiger partial charge on any atom is -0.449 e. The molecule has 2 N–H and O–H groups in total. The first-order valence-corrected chi connectivity index (χ1v) is 16.8. The van der Waals surface area contributed by atoms with Gasteiger partial charge in [0.15, 0.2) is 5.65 Å². The van der Waals surface area contributed by atoms with Crippen molar-refractivity contribution in [3.8, 4) is 11.1 Å². The first kappa shape index (κ1) is 32.4. The summed E-state index contributed by atoms with van der Waals surface area (Å²) < 4.78 is 35.3. The van der Waals surface area contributed by atoms with E-state index in [1.54, 1.807) is 36.5 Å². The average molecular weight is 640 g/mol. The topological polar surface area (TPSA) is 132 Å². The highest BCUT2D eigenvalue weighted by Gasteiger charge is 2.23. The van der Waals surface area contributed by atoms with Gasteiger partial charge in [0, 0.05) is 23.1 Å². The van der Waals surface area contributed by atoms with Gasteiger partial charge in [0.1, 0.15) is 11.3 Å². The molecule has 3 aromatic carbocycles. The lowest BCUT2D eigenvalue weighted by Gasteiger charge is -2.13. The number of pyridine rings is 1. The number of sulfonamides is 1. The molecule has 0 bridgehead atoms. The second-order valence-corrected chi connectivity index (χ2v) is 12.6. The van der Waals surface area contributed by atoms with E-state index in [9.17, 15) is 18.0 Å². The molecule has 0 aliphatic rings. The second-order valence-electron chi connectivity index (χ2n) is 10.9. The third kappa shape index (κ3) is 7.26. The fourth-order valence-corrected chi connectivity index (χ4v) is 6.25. The smallest absolute Gasteiger partial charge is 0.421 e. The summed E-state index contributed by atoms with van der Waals surface area (Å²) in [7, 11) is -4.17. The lowest BCUT2D eigenvalue weighted by atomic mass is 10.0. The monoisotopic (exact) mass is 639 g/mol. The van der Waals surface area contributed by atoms with Gasteiger partial charge in [0.2, 0.25) is 0 Å². The molecule has 0 aliphatic heterocycles. The van der Waals surface area contributed by atoms with Crippen molar-refractivity contribution in [3.05, 3.63) is 108 Å². The standard InChI is InChI=1S/C35H37N5O5S/c1-4-6-21-45-35(42)39-46(43,44)30-16-11-10-15-28(30)26-19-17-25(18-20-26)23-40-31(12-5-2)38-32-24(3)29(22-36-33(32)40)37-34(41)27-13-8-7-9-14-27/h7-11,13-20,22H,4-6,12,21,23H2,1-3H3,(H,37,41)(H,39,42). The van der Waals surface area contributed by atoms with E-state index in [-0.39, 0.29) is 17.4 Å². The zero-order chi connectivity index (χ0) is 32.7. The van der Waals surface area contributed by atoms with Gasteiger partial charge in [-0.3, -0.25) is 4.79 Å². The number of imidazole rings is 1. The van der Waals surface area contributed by atoms with E-state index in [2.05, 4.69) is 16.8 Å². The maximum atomic E-state index is 13.1. The van der Waals surface area contributed by atoms with Crippen molar-refractivity contribution in [2.75, 3.05) is 11.9 Å². The maximum Gasteiger partial charge on any atom is 0.421 e. The van der Waals surface area contributed by atoms with Crippen LogP contribution in [-0.4, -0.2) is 41.6 Å². The number of amides is 2. The number of hydrogen-bond donors (Lipinski definition) is 2. The predicted molar refractivity (Wildman–Crippen MR) is 178 cm³/mol. The number of fused-ring (bicyclic) bond motifs is 1. The molecule has 11 heteroatoms. The Morgan fingerprint density at radius 3 is 2.35 bits per heavy atom. The van der Waals surface area contributed by atoms with Crippen LogP contribution in [0.5, 0.6) is 0 Å². The molecule has 0 saturated carbocycles. The van der Waals surface area contributed by atoms with Gasteiger partial charge in [-0.05, 0) is 49.1 Å². The Morgan fingerprint density at radius 1 is 0.913 bits per heavy atom. The Labute approximate surface area is 268 Å². The van der Waals surface area contributed by atoms with Crippen molar-refractivity contribution in [3.63, 3.8) is 0 Å². The number of rotatable bonds is 12. The number of hydrogen-bond acceptors (Lipinski definition) is 7. The zero-order valence-corrected chi connectivity index (χ0v) is 26.9. The van der Waals surface area contributed by atoms with Crippen molar-refractivity contribution in [2.45, 2.75) is 57.9 Å². The van der Waals surface area contributed by atoms with Crippen LogP contribution in [0.15, 0.2) is 90.0 Å². The van der Waals surface area contributed by atoms with E-state index < -0.39 is 16.1 Å². The van der Waals surface area contributed by atoms with Crippen LogP contribution in [0.1, 0.15) is 60.4 Å². The summed E-state index contributed by atoms with van der Waals surface area (Å²) in [5, 5.41) is 2.96. The van der Waals surface area contributed by atoms with E-state index in [1.807, 2.05) is 61.0 Å². The Balaban J connectivity index is 1.39. The van der Waals surface area contributed by atoms with Crippen molar-refractivity contribution >= 4 is 38.9 Å². The molecule has 10 nitrogen and oxygen atoms in total. The first-order valence-electron chi connectivity index (χ1n) is 15.3. The number of aryl methyl sites for hydroxylation is 2. The molecule has 0 saturated heterocycles. The minimum atomic E-state index is -4.17. The summed E-state index contributed by atoms with van der Waals surface area (Å²) in [6.07, 6.45) is 3.78. The molecule has 238 valence electrons. The fourth-order valence-electron chi connectivity index (χ4n) is 5.13. The average Bonchev–Trinajstić information content (AvgIpc) is 3.40. The summed E-state index contributed by atoms with van der Waals surface area (Å²) in [5.74, 6) is 0.673. The lowest BCUT2D eigenvalue weighted by Crippen LogP contribution is -2.31. The number of carbonyl (C=O) groups excluding carboxylic acids is 2. The molecule has 0 aliphatic carbocycles. The quantitative estimate of drug-likeness (QED) is 0.142. The number of nitrogens with one attached hydrogen (secondary N) is 2. The summed E-state index contributed by atoms with van der Waals surface area (Å²) >= 11 is 0. The number of aromatic nitrogens is 3. The SMILES string of the molecule is CCCCOC(=O)NS(=O)(=O)c1ccccc1-c1ccc(Cn2c(CCC)nc3c(C)c(NC(=O)c4ccccc4)cnc32)cc1. The predicted octanol–water partition coefficient (Wildman–Crippen LogP) is 6.87. The lowest BCUT2D eigenvalue weighted by molar-refractivity contribution is 0.102. The number of ether oxygens (including phenoxy) is 1. The molecule has 0 spiro atoms.